The lowest BCUT2D eigenvalue weighted by Crippen LogP contribution is -2.34. The summed E-state index contributed by atoms with van der Waals surface area (Å²) < 4.78 is 1.85. The van der Waals surface area contributed by atoms with Gasteiger partial charge in [0.15, 0.2) is 0 Å². The quantitative estimate of drug-likeness (QED) is 0.693. The number of aryl methyl sites for hydroxylation is 1. The number of nitrogens with zero attached hydrogens (tertiary/aromatic N) is 3. The van der Waals surface area contributed by atoms with Crippen molar-refractivity contribution >= 4 is 40.3 Å². The summed E-state index contributed by atoms with van der Waals surface area (Å²) in [6, 6.07) is 12.6. The minimum absolute atomic E-state index is 0.142. The minimum atomic E-state index is -0.891. The molecular weight excluding hydrogens is 346 g/mol. The Labute approximate surface area is 154 Å². The number of imidazole rings is 1. The molecule has 0 aliphatic carbocycles. The van der Waals surface area contributed by atoms with Crippen molar-refractivity contribution in [3.05, 3.63) is 54.9 Å². The predicted octanol–water partition coefficient (Wildman–Crippen LogP) is 2.03. The Balaban J connectivity index is 1.45. The second-order valence-corrected chi connectivity index (χ2v) is 6.32. The summed E-state index contributed by atoms with van der Waals surface area (Å²) in [6.45, 7) is 0. The van der Waals surface area contributed by atoms with E-state index < -0.39 is 18.0 Å². The average molecular weight is 363 g/mol. The van der Waals surface area contributed by atoms with Gasteiger partial charge in [-0.25, -0.2) is 14.7 Å². The number of anilines is 2. The molecule has 1 aromatic heterocycles. The molecule has 2 N–H and O–H groups in total. The van der Waals surface area contributed by atoms with Gasteiger partial charge >= 0.3 is 6.03 Å². The van der Waals surface area contributed by atoms with E-state index in [1.54, 1.807) is 42.7 Å². The van der Waals surface area contributed by atoms with Crippen LogP contribution in [-0.2, 0) is 16.6 Å². The number of fused-ring (bicyclic) bond motifs is 1. The number of carbonyl (C=O) groups excluding carboxylic acids is 3. The third-order valence-corrected chi connectivity index (χ3v) is 4.43. The number of rotatable bonds is 4. The first kappa shape index (κ1) is 16.8. The van der Waals surface area contributed by atoms with Crippen molar-refractivity contribution in [2.45, 2.75) is 12.5 Å². The second-order valence-electron chi connectivity index (χ2n) is 6.32. The van der Waals surface area contributed by atoms with Crippen molar-refractivity contribution in [3.63, 3.8) is 0 Å². The molecule has 1 atom stereocenters. The van der Waals surface area contributed by atoms with Gasteiger partial charge in [-0.3, -0.25) is 9.59 Å². The highest BCUT2D eigenvalue weighted by Gasteiger charge is 2.39. The van der Waals surface area contributed by atoms with E-state index in [4.69, 9.17) is 0 Å². The molecular formula is C19H17N5O3. The average Bonchev–Trinajstić information content (AvgIpc) is 3.15. The van der Waals surface area contributed by atoms with Gasteiger partial charge in [0.05, 0.1) is 29.5 Å². The van der Waals surface area contributed by atoms with E-state index in [9.17, 15) is 14.4 Å². The Kier molecular flexibility index (Phi) is 4.08. The molecule has 1 aliphatic heterocycles. The van der Waals surface area contributed by atoms with Crippen LogP contribution in [-0.4, -0.2) is 33.4 Å². The van der Waals surface area contributed by atoms with Gasteiger partial charge in [-0.2, -0.15) is 0 Å². The Morgan fingerprint density at radius 2 is 1.96 bits per heavy atom. The number of imide groups is 1. The van der Waals surface area contributed by atoms with Crippen LogP contribution in [0, 0.1) is 0 Å². The molecule has 4 amide bonds. The number of carbonyl (C=O) groups is 3. The first-order chi connectivity index (χ1) is 13.0. The summed E-state index contributed by atoms with van der Waals surface area (Å²) >= 11 is 0. The summed E-state index contributed by atoms with van der Waals surface area (Å²) in [7, 11) is 1.87. The normalized spacial score (nSPS) is 16.6. The summed E-state index contributed by atoms with van der Waals surface area (Å²) in [5, 5.41) is 5.33. The van der Waals surface area contributed by atoms with Crippen LogP contribution in [0.25, 0.3) is 11.0 Å². The summed E-state index contributed by atoms with van der Waals surface area (Å²) in [5.74, 6) is -0.798. The van der Waals surface area contributed by atoms with E-state index in [2.05, 4.69) is 15.6 Å². The van der Waals surface area contributed by atoms with Crippen molar-refractivity contribution in [1.82, 2.24) is 14.9 Å². The largest absolute Gasteiger partial charge is 0.334 e. The van der Waals surface area contributed by atoms with Crippen LogP contribution in [0.3, 0.4) is 0 Å². The first-order valence-electron chi connectivity index (χ1n) is 8.43. The number of urea groups is 1. The molecule has 0 unspecified atom stereocenters. The highest BCUT2D eigenvalue weighted by molar-refractivity contribution is 6.22. The van der Waals surface area contributed by atoms with Crippen molar-refractivity contribution in [1.29, 1.82) is 0 Å². The van der Waals surface area contributed by atoms with Crippen molar-refractivity contribution < 1.29 is 14.4 Å². The predicted molar refractivity (Wildman–Crippen MR) is 100 cm³/mol. The monoisotopic (exact) mass is 363 g/mol. The third kappa shape index (κ3) is 3.12. The van der Waals surface area contributed by atoms with E-state index in [1.807, 2.05) is 23.7 Å². The van der Waals surface area contributed by atoms with Crippen LogP contribution < -0.4 is 15.5 Å². The second kappa shape index (κ2) is 6.56. The van der Waals surface area contributed by atoms with E-state index in [1.165, 1.54) is 0 Å². The fraction of sp³-hybridized carbons (Fsp3) is 0.158. The SMILES string of the molecule is Cn1cnc2ccc(NC(=O)C[C@@H]3NC(=O)N(c4ccccc4)C3=O)cc21. The summed E-state index contributed by atoms with van der Waals surface area (Å²) in [4.78, 5) is 42.3. The zero-order chi connectivity index (χ0) is 19.0. The Hall–Kier alpha value is -3.68. The van der Waals surface area contributed by atoms with Crippen LogP contribution in [0.15, 0.2) is 54.9 Å². The molecule has 136 valence electrons. The Bertz CT molecular complexity index is 1040. The van der Waals surface area contributed by atoms with Gasteiger partial charge < -0.3 is 15.2 Å². The fourth-order valence-electron chi connectivity index (χ4n) is 3.09. The molecule has 27 heavy (non-hydrogen) atoms. The lowest BCUT2D eigenvalue weighted by molar-refractivity contribution is -0.122. The molecule has 0 radical (unpaired) electrons. The highest BCUT2D eigenvalue weighted by Crippen LogP contribution is 2.21. The smallest absolute Gasteiger partial charge is 0.329 e. The van der Waals surface area contributed by atoms with Gasteiger partial charge in [-0.15, -0.1) is 0 Å². The first-order valence-corrected chi connectivity index (χ1v) is 8.43. The van der Waals surface area contributed by atoms with Gasteiger partial charge in [0.1, 0.15) is 6.04 Å². The summed E-state index contributed by atoms with van der Waals surface area (Å²) in [5.41, 5.74) is 2.79. The van der Waals surface area contributed by atoms with Crippen molar-refractivity contribution in [2.24, 2.45) is 7.05 Å². The van der Waals surface area contributed by atoms with Gasteiger partial charge in [-0.1, -0.05) is 18.2 Å². The maximum absolute atomic E-state index is 12.5. The molecule has 8 nitrogen and oxygen atoms in total. The maximum Gasteiger partial charge on any atom is 0.329 e. The number of hydrogen-bond donors (Lipinski definition) is 2. The van der Waals surface area contributed by atoms with Gasteiger partial charge in [0.2, 0.25) is 5.91 Å². The highest BCUT2D eigenvalue weighted by atomic mass is 16.2. The lowest BCUT2D eigenvalue weighted by Gasteiger charge is -2.12. The molecule has 0 saturated carbocycles. The zero-order valence-electron chi connectivity index (χ0n) is 14.5. The molecule has 4 rings (SSSR count). The Morgan fingerprint density at radius 1 is 1.19 bits per heavy atom. The molecule has 2 heterocycles. The van der Waals surface area contributed by atoms with Gasteiger partial charge in [-0.05, 0) is 30.3 Å². The minimum Gasteiger partial charge on any atom is -0.334 e. The van der Waals surface area contributed by atoms with Crippen molar-refractivity contribution in [2.75, 3.05) is 10.2 Å². The van der Waals surface area contributed by atoms with Crippen LogP contribution in [0.5, 0.6) is 0 Å². The van der Waals surface area contributed by atoms with Crippen molar-refractivity contribution in [3.8, 4) is 0 Å². The maximum atomic E-state index is 12.5. The number of hydrogen-bond acceptors (Lipinski definition) is 4. The molecule has 2 aromatic carbocycles. The van der Waals surface area contributed by atoms with Crippen LogP contribution >= 0.6 is 0 Å². The van der Waals surface area contributed by atoms with E-state index in [-0.39, 0.29) is 12.3 Å². The topological polar surface area (TPSA) is 96.3 Å². The molecule has 8 heteroatoms. The van der Waals surface area contributed by atoms with Crippen LogP contribution in [0.1, 0.15) is 6.42 Å². The third-order valence-electron chi connectivity index (χ3n) is 4.43. The number of para-hydroxylation sites is 1. The molecule has 1 aliphatic rings. The number of nitrogens with one attached hydrogen (secondary N) is 2. The van der Waals surface area contributed by atoms with Crippen LogP contribution in [0.2, 0.25) is 0 Å². The fourth-order valence-corrected chi connectivity index (χ4v) is 3.09. The summed E-state index contributed by atoms with van der Waals surface area (Å²) in [6.07, 6.45) is 1.55. The molecule has 0 spiro atoms. The van der Waals surface area contributed by atoms with E-state index in [0.717, 1.165) is 15.9 Å². The standard InChI is InChI=1S/C19H17N5O3/c1-23-11-20-14-8-7-12(9-16(14)23)21-17(25)10-15-18(26)24(19(27)22-15)13-5-3-2-4-6-13/h2-9,11,15H,10H2,1H3,(H,21,25)(H,22,27)/t15-/m0/s1. The Morgan fingerprint density at radius 3 is 2.74 bits per heavy atom. The molecule has 0 bridgehead atoms. The lowest BCUT2D eigenvalue weighted by atomic mass is 10.2. The van der Waals surface area contributed by atoms with Gasteiger partial charge in [0.25, 0.3) is 5.91 Å². The van der Waals surface area contributed by atoms with E-state index in [0.29, 0.717) is 11.4 Å². The molecule has 1 saturated heterocycles. The van der Waals surface area contributed by atoms with Crippen LogP contribution in [0.4, 0.5) is 16.2 Å². The molecule has 1 fully saturated rings. The molecule has 3 aromatic rings. The number of aromatic nitrogens is 2. The number of benzene rings is 2. The number of amides is 4. The van der Waals surface area contributed by atoms with E-state index >= 15 is 0 Å². The van der Waals surface area contributed by atoms with Gasteiger partial charge in [0, 0.05) is 12.7 Å². The zero-order valence-corrected chi connectivity index (χ0v) is 14.5.